The Morgan fingerprint density at radius 1 is 1.37 bits per heavy atom. The highest BCUT2D eigenvalue weighted by Gasteiger charge is 2.25. The first kappa shape index (κ1) is 13.8. The van der Waals surface area contributed by atoms with Crippen LogP contribution in [0.4, 0.5) is 0 Å². The van der Waals surface area contributed by atoms with Crippen molar-refractivity contribution in [2.24, 2.45) is 0 Å². The Morgan fingerprint density at radius 3 is 2.63 bits per heavy atom. The van der Waals surface area contributed by atoms with E-state index in [1.807, 2.05) is 11.8 Å². The van der Waals surface area contributed by atoms with Crippen molar-refractivity contribution in [2.75, 3.05) is 13.7 Å². The lowest BCUT2D eigenvalue weighted by Gasteiger charge is -2.33. The zero-order chi connectivity index (χ0) is 13.7. The van der Waals surface area contributed by atoms with Gasteiger partial charge in [-0.05, 0) is 25.8 Å². The maximum atomic E-state index is 12.5. The summed E-state index contributed by atoms with van der Waals surface area (Å²) in [5.74, 6) is 0.627. The van der Waals surface area contributed by atoms with E-state index in [1.54, 1.807) is 25.4 Å². The number of hydrogen-bond donors (Lipinski definition) is 0. The minimum atomic E-state index is 0.0875. The van der Waals surface area contributed by atoms with Crippen LogP contribution in [0, 0.1) is 0 Å². The third kappa shape index (κ3) is 3.25. The minimum absolute atomic E-state index is 0.0875. The molecule has 1 fully saturated rings. The average Bonchev–Trinajstić information content (AvgIpc) is 2.49. The lowest BCUT2D eigenvalue weighted by atomic mass is 9.94. The number of pyridine rings is 1. The minimum Gasteiger partial charge on any atom is -0.481 e. The second-order valence-electron chi connectivity index (χ2n) is 4.97. The van der Waals surface area contributed by atoms with E-state index in [4.69, 9.17) is 4.74 Å². The van der Waals surface area contributed by atoms with Crippen LogP contribution in [0.25, 0.3) is 0 Å². The molecule has 0 aliphatic heterocycles. The third-order valence-electron chi connectivity index (χ3n) is 3.81. The summed E-state index contributed by atoms with van der Waals surface area (Å²) >= 11 is 0. The summed E-state index contributed by atoms with van der Waals surface area (Å²) in [7, 11) is 1.57. The van der Waals surface area contributed by atoms with E-state index in [0.29, 0.717) is 17.5 Å². The highest BCUT2D eigenvalue weighted by atomic mass is 16.5. The summed E-state index contributed by atoms with van der Waals surface area (Å²) in [6.07, 6.45) is 7.62. The van der Waals surface area contributed by atoms with Crippen molar-refractivity contribution in [1.29, 1.82) is 0 Å². The molecule has 104 valence electrons. The average molecular weight is 262 g/mol. The molecule has 0 N–H and O–H groups in total. The number of methoxy groups -OCH3 is 1. The molecule has 0 spiro atoms. The normalized spacial score (nSPS) is 16.1. The Balaban J connectivity index is 2.10. The molecule has 0 unspecified atom stereocenters. The number of ether oxygens (including phenoxy) is 1. The monoisotopic (exact) mass is 262 g/mol. The van der Waals surface area contributed by atoms with Gasteiger partial charge in [0.2, 0.25) is 5.88 Å². The first-order valence-electron chi connectivity index (χ1n) is 7.07. The van der Waals surface area contributed by atoms with Crippen LogP contribution in [0.15, 0.2) is 18.3 Å². The summed E-state index contributed by atoms with van der Waals surface area (Å²) in [5.41, 5.74) is 0.647. The van der Waals surface area contributed by atoms with Gasteiger partial charge in [0.1, 0.15) is 0 Å². The standard InChI is InChI=1S/C15H22N2O2/c1-3-17(13-7-5-4-6-8-13)15(18)12-9-10-14(19-2)16-11-12/h9-11,13H,3-8H2,1-2H3. The number of carbonyl (C=O) groups is 1. The zero-order valence-corrected chi connectivity index (χ0v) is 11.8. The van der Waals surface area contributed by atoms with Crippen molar-refractivity contribution in [3.05, 3.63) is 23.9 Å². The van der Waals surface area contributed by atoms with Gasteiger partial charge in [0, 0.05) is 24.8 Å². The van der Waals surface area contributed by atoms with Gasteiger partial charge in [0.05, 0.1) is 12.7 Å². The van der Waals surface area contributed by atoms with E-state index in [1.165, 1.54) is 19.3 Å². The van der Waals surface area contributed by atoms with Crippen LogP contribution in [0.1, 0.15) is 49.4 Å². The van der Waals surface area contributed by atoms with Crippen LogP contribution >= 0.6 is 0 Å². The maximum Gasteiger partial charge on any atom is 0.255 e. The van der Waals surface area contributed by atoms with E-state index in [2.05, 4.69) is 4.98 Å². The Kier molecular flexibility index (Phi) is 4.77. The van der Waals surface area contributed by atoms with Gasteiger partial charge in [-0.25, -0.2) is 4.98 Å². The predicted molar refractivity (Wildman–Crippen MR) is 74.4 cm³/mol. The number of hydrogen-bond acceptors (Lipinski definition) is 3. The summed E-state index contributed by atoms with van der Waals surface area (Å²) in [6, 6.07) is 3.93. The van der Waals surface area contributed by atoms with E-state index >= 15 is 0 Å². The molecule has 1 aromatic rings. The van der Waals surface area contributed by atoms with Gasteiger partial charge in [-0.3, -0.25) is 4.79 Å². The smallest absolute Gasteiger partial charge is 0.255 e. The molecular weight excluding hydrogens is 240 g/mol. The fourth-order valence-electron chi connectivity index (χ4n) is 2.75. The van der Waals surface area contributed by atoms with E-state index in [9.17, 15) is 4.79 Å². The quantitative estimate of drug-likeness (QED) is 0.838. The molecule has 2 rings (SSSR count). The molecule has 19 heavy (non-hydrogen) atoms. The maximum absolute atomic E-state index is 12.5. The second kappa shape index (κ2) is 6.55. The summed E-state index contributed by atoms with van der Waals surface area (Å²) in [5, 5.41) is 0. The van der Waals surface area contributed by atoms with Crippen molar-refractivity contribution in [2.45, 2.75) is 45.1 Å². The molecular formula is C15H22N2O2. The Labute approximate surface area is 114 Å². The number of nitrogens with zero attached hydrogens (tertiary/aromatic N) is 2. The van der Waals surface area contributed by atoms with Crippen molar-refractivity contribution >= 4 is 5.91 Å². The zero-order valence-electron chi connectivity index (χ0n) is 11.8. The van der Waals surface area contributed by atoms with Crippen LogP contribution < -0.4 is 4.74 Å². The summed E-state index contributed by atoms with van der Waals surface area (Å²) in [6.45, 7) is 2.80. The molecule has 1 aliphatic carbocycles. The van der Waals surface area contributed by atoms with Crippen LogP contribution in [0.3, 0.4) is 0 Å². The van der Waals surface area contributed by atoms with Gasteiger partial charge < -0.3 is 9.64 Å². The molecule has 0 radical (unpaired) electrons. The molecule has 1 saturated carbocycles. The Morgan fingerprint density at radius 2 is 2.11 bits per heavy atom. The number of amides is 1. The van der Waals surface area contributed by atoms with E-state index < -0.39 is 0 Å². The van der Waals surface area contributed by atoms with Gasteiger partial charge >= 0.3 is 0 Å². The highest BCUT2D eigenvalue weighted by Crippen LogP contribution is 2.24. The number of carbonyl (C=O) groups excluding carboxylic acids is 1. The SMILES string of the molecule is CCN(C(=O)c1ccc(OC)nc1)C1CCCCC1. The lowest BCUT2D eigenvalue weighted by molar-refractivity contribution is 0.0647. The van der Waals surface area contributed by atoms with E-state index in [-0.39, 0.29) is 5.91 Å². The largest absolute Gasteiger partial charge is 0.481 e. The van der Waals surface area contributed by atoms with Crippen LogP contribution in [0.5, 0.6) is 5.88 Å². The summed E-state index contributed by atoms with van der Waals surface area (Å²) in [4.78, 5) is 18.6. The molecule has 1 heterocycles. The molecule has 4 heteroatoms. The van der Waals surface area contributed by atoms with Crippen molar-refractivity contribution < 1.29 is 9.53 Å². The lowest BCUT2D eigenvalue weighted by Crippen LogP contribution is -2.41. The molecule has 1 aliphatic rings. The van der Waals surface area contributed by atoms with Crippen molar-refractivity contribution in [3.8, 4) is 5.88 Å². The Hall–Kier alpha value is -1.58. The molecule has 4 nitrogen and oxygen atoms in total. The van der Waals surface area contributed by atoms with Gasteiger partial charge in [0.25, 0.3) is 5.91 Å². The fraction of sp³-hybridized carbons (Fsp3) is 0.600. The molecule has 0 saturated heterocycles. The Bertz CT molecular complexity index is 411. The van der Waals surface area contributed by atoms with Gasteiger partial charge in [-0.1, -0.05) is 19.3 Å². The van der Waals surface area contributed by atoms with Crippen molar-refractivity contribution in [3.63, 3.8) is 0 Å². The van der Waals surface area contributed by atoms with Crippen molar-refractivity contribution in [1.82, 2.24) is 9.88 Å². The molecule has 0 atom stereocenters. The number of rotatable bonds is 4. The first-order chi connectivity index (χ1) is 9.26. The van der Waals surface area contributed by atoms with Gasteiger partial charge in [-0.15, -0.1) is 0 Å². The molecule has 0 bridgehead atoms. The van der Waals surface area contributed by atoms with Crippen LogP contribution in [-0.4, -0.2) is 35.5 Å². The van der Waals surface area contributed by atoms with Gasteiger partial charge in [0.15, 0.2) is 0 Å². The topological polar surface area (TPSA) is 42.4 Å². The predicted octanol–water partition coefficient (Wildman–Crippen LogP) is 2.89. The third-order valence-corrected chi connectivity index (χ3v) is 3.81. The van der Waals surface area contributed by atoms with E-state index in [0.717, 1.165) is 19.4 Å². The molecule has 1 amide bonds. The van der Waals surface area contributed by atoms with Gasteiger partial charge in [-0.2, -0.15) is 0 Å². The molecule has 0 aromatic carbocycles. The fourth-order valence-corrected chi connectivity index (χ4v) is 2.75. The first-order valence-corrected chi connectivity index (χ1v) is 7.07. The second-order valence-corrected chi connectivity index (χ2v) is 4.97. The van der Waals surface area contributed by atoms with Crippen LogP contribution in [0.2, 0.25) is 0 Å². The van der Waals surface area contributed by atoms with Crippen LogP contribution in [-0.2, 0) is 0 Å². The summed E-state index contributed by atoms with van der Waals surface area (Å²) < 4.78 is 5.02. The molecule has 1 aromatic heterocycles. The highest BCUT2D eigenvalue weighted by molar-refractivity contribution is 5.94. The number of aromatic nitrogens is 1.